The minimum Gasteiger partial charge on any atom is -0.465 e. The highest BCUT2D eigenvalue weighted by molar-refractivity contribution is 5.85. The number of halogens is 1. The van der Waals surface area contributed by atoms with Crippen LogP contribution in [0.3, 0.4) is 0 Å². The summed E-state index contributed by atoms with van der Waals surface area (Å²) in [4.78, 5) is 19.5. The van der Waals surface area contributed by atoms with Crippen molar-refractivity contribution in [2.24, 2.45) is 11.3 Å². The summed E-state index contributed by atoms with van der Waals surface area (Å²) in [6.07, 6.45) is 1.27. The minimum absolute atomic E-state index is 0. The average molecular weight is 345 g/mol. The molecule has 2 bridgehead atoms. The Kier molecular flexibility index (Phi) is 5.20. The van der Waals surface area contributed by atoms with Crippen LogP contribution < -0.4 is 4.90 Å². The highest BCUT2D eigenvalue weighted by atomic mass is 35.5. The summed E-state index contributed by atoms with van der Waals surface area (Å²) in [7, 11) is 0. The molecular weight excluding hydrogens is 320 g/mol. The Labute approximate surface area is 142 Å². The molecule has 0 aromatic carbocycles. The van der Waals surface area contributed by atoms with E-state index in [0.717, 1.165) is 32.5 Å². The van der Waals surface area contributed by atoms with Crippen LogP contribution in [0.4, 0.5) is 10.7 Å². The molecule has 130 valence electrons. The van der Waals surface area contributed by atoms with E-state index in [1.165, 1.54) is 4.90 Å². The molecule has 1 N–H and O–H groups in total. The second-order valence-corrected chi connectivity index (χ2v) is 7.61. The minimum atomic E-state index is -1.05. The Bertz CT molecular complexity index is 549. The van der Waals surface area contributed by atoms with Crippen LogP contribution in [-0.2, 0) is 0 Å². The predicted octanol–water partition coefficient (Wildman–Crippen LogP) is 2.83. The zero-order valence-electron chi connectivity index (χ0n) is 13.9. The largest absolute Gasteiger partial charge is 0.465 e. The third kappa shape index (κ3) is 3.95. The quantitative estimate of drug-likeness (QED) is 0.907. The summed E-state index contributed by atoms with van der Waals surface area (Å²) in [6.45, 7) is 9.52. The van der Waals surface area contributed by atoms with Crippen molar-refractivity contribution >= 4 is 24.4 Å². The third-order valence-electron chi connectivity index (χ3n) is 4.51. The monoisotopic (exact) mass is 344 g/mol. The smallest absolute Gasteiger partial charge is 0.414 e. The van der Waals surface area contributed by atoms with Crippen molar-refractivity contribution in [1.82, 2.24) is 15.0 Å². The first-order valence-electron chi connectivity index (χ1n) is 7.90. The number of piperidine rings is 3. The fourth-order valence-corrected chi connectivity index (χ4v) is 3.43. The van der Waals surface area contributed by atoms with Crippen molar-refractivity contribution in [2.45, 2.75) is 39.5 Å². The van der Waals surface area contributed by atoms with Gasteiger partial charge < -0.3 is 14.5 Å². The van der Waals surface area contributed by atoms with E-state index >= 15 is 0 Å². The van der Waals surface area contributed by atoms with Crippen molar-refractivity contribution in [2.75, 3.05) is 31.1 Å². The van der Waals surface area contributed by atoms with E-state index in [2.05, 4.69) is 15.0 Å². The van der Waals surface area contributed by atoms with Gasteiger partial charge in [-0.05, 0) is 42.4 Å². The van der Waals surface area contributed by atoms with Gasteiger partial charge in [-0.3, -0.25) is 0 Å². The molecule has 0 aliphatic carbocycles. The third-order valence-corrected chi connectivity index (χ3v) is 4.51. The highest BCUT2D eigenvalue weighted by Gasteiger charge is 2.38. The van der Waals surface area contributed by atoms with Crippen molar-refractivity contribution in [3.63, 3.8) is 0 Å². The normalized spacial score (nSPS) is 26.7. The van der Waals surface area contributed by atoms with E-state index < -0.39 is 6.09 Å². The van der Waals surface area contributed by atoms with Crippen LogP contribution in [0.25, 0.3) is 0 Å². The van der Waals surface area contributed by atoms with Gasteiger partial charge >= 0.3 is 6.09 Å². The maximum atomic E-state index is 11.5. The summed E-state index contributed by atoms with van der Waals surface area (Å²) in [6, 6.07) is 0. The number of hydrogen-bond acceptors (Lipinski definition) is 5. The topological polar surface area (TPSA) is 82.7 Å². The molecule has 3 aliphatic heterocycles. The van der Waals surface area contributed by atoms with E-state index in [4.69, 9.17) is 4.52 Å². The first-order chi connectivity index (χ1) is 10.3. The Hall–Kier alpha value is -1.34. The number of hydrogen-bond donors (Lipinski definition) is 1. The van der Waals surface area contributed by atoms with Crippen molar-refractivity contribution in [3.8, 4) is 0 Å². The zero-order valence-corrected chi connectivity index (χ0v) is 14.7. The lowest BCUT2D eigenvalue weighted by molar-refractivity contribution is 0.0727. The summed E-state index contributed by atoms with van der Waals surface area (Å²) < 4.78 is 5.41. The number of carbonyl (C=O) groups is 1. The van der Waals surface area contributed by atoms with E-state index in [1.54, 1.807) is 0 Å². The first kappa shape index (κ1) is 18.0. The highest BCUT2D eigenvalue weighted by Crippen LogP contribution is 2.38. The van der Waals surface area contributed by atoms with Gasteiger partial charge in [0.15, 0.2) is 0 Å². The fraction of sp³-hybridized carbons (Fsp3) is 0.800. The number of rotatable bonds is 3. The maximum Gasteiger partial charge on any atom is 0.414 e. The molecular formula is C15H25ClN4O3. The van der Waals surface area contributed by atoms with Gasteiger partial charge in [0, 0.05) is 13.1 Å². The van der Waals surface area contributed by atoms with Crippen LogP contribution in [0.15, 0.2) is 4.52 Å². The van der Waals surface area contributed by atoms with Crippen LogP contribution in [-0.4, -0.2) is 52.4 Å². The van der Waals surface area contributed by atoms with Crippen LogP contribution in [0, 0.1) is 11.3 Å². The molecule has 8 heteroatoms. The van der Waals surface area contributed by atoms with E-state index in [9.17, 15) is 9.90 Å². The van der Waals surface area contributed by atoms with Crippen molar-refractivity contribution in [1.29, 1.82) is 0 Å². The summed E-state index contributed by atoms with van der Waals surface area (Å²) in [5.41, 5.74) is -0.172. The van der Waals surface area contributed by atoms with Gasteiger partial charge in [0.05, 0.1) is 5.92 Å². The van der Waals surface area contributed by atoms with Gasteiger partial charge in [0.2, 0.25) is 5.89 Å². The molecule has 1 aromatic heterocycles. The number of carboxylic acid groups (broad SMARTS) is 1. The lowest BCUT2D eigenvalue weighted by atomic mass is 9.79. The van der Waals surface area contributed by atoms with Gasteiger partial charge in [0.1, 0.15) is 0 Å². The van der Waals surface area contributed by atoms with Crippen LogP contribution in [0.2, 0.25) is 0 Å². The standard InChI is InChI=1S/C15H24N4O3.ClH/c1-15(2,3)9-19(14(20)21)13-16-12(22-17-13)11-8-18-6-4-10(11)5-7-18;/h10-11H,4-9H2,1-3H3,(H,20,21);1H. The molecule has 3 saturated heterocycles. The van der Waals surface area contributed by atoms with E-state index in [1.807, 2.05) is 20.8 Å². The van der Waals surface area contributed by atoms with Crippen molar-refractivity contribution < 1.29 is 14.4 Å². The summed E-state index contributed by atoms with van der Waals surface area (Å²) in [5.74, 6) is 1.58. The molecule has 0 saturated carbocycles. The lowest BCUT2D eigenvalue weighted by Gasteiger charge is -2.43. The molecule has 1 aromatic rings. The Morgan fingerprint density at radius 3 is 2.52 bits per heavy atom. The van der Waals surface area contributed by atoms with Gasteiger partial charge in [-0.25, -0.2) is 9.69 Å². The number of fused-ring (bicyclic) bond motifs is 3. The molecule has 1 unspecified atom stereocenters. The lowest BCUT2D eigenvalue weighted by Crippen LogP contribution is -2.46. The van der Waals surface area contributed by atoms with Crippen molar-refractivity contribution in [3.05, 3.63) is 5.89 Å². The number of nitrogens with zero attached hydrogens (tertiary/aromatic N) is 4. The molecule has 0 spiro atoms. The second-order valence-electron chi connectivity index (χ2n) is 7.61. The summed E-state index contributed by atoms with van der Waals surface area (Å²) >= 11 is 0. The van der Waals surface area contributed by atoms with Crippen LogP contribution >= 0.6 is 12.4 Å². The molecule has 1 atom stereocenters. The number of aromatic nitrogens is 2. The van der Waals surface area contributed by atoms with Gasteiger partial charge in [-0.1, -0.05) is 20.8 Å². The van der Waals surface area contributed by atoms with Gasteiger partial charge in [-0.2, -0.15) is 4.98 Å². The predicted molar refractivity (Wildman–Crippen MR) is 88.3 cm³/mol. The molecule has 3 fully saturated rings. The molecule has 0 radical (unpaired) electrons. The van der Waals surface area contributed by atoms with Gasteiger partial charge in [0.25, 0.3) is 5.95 Å². The van der Waals surface area contributed by atoms with Crippen LogP contribution in [0.5, 0.6) is 0 Å². The molecule has 3 aliphatic rings. The number of anilines is 1. The van der Waals surface area contributed by atoms with Gasteiger partial charge in [-0.15, -0.1) is 12.4 Å². The molecule has 1 amide bonds. The Morgan fingerprint density at radius 2 is 2.04 bits per heavy atom. The SMILES string of the molecule is CC(C)(C)CN(C(=O)O)c1noc(C2CN3CCC2CC3)n1.Cl. The Morgan fingerprint density at radius 1 is 1.39 bits per heavy atom. The maximum absolute atomic E-state index is 11.5. The zero-order chi connectivity index (χ0) is 15.9. The second kappa shape index (κ2) is 6.65. The van der Waals surface area contributed by atoms with E-state index in [0.29, 0.717) is 18.4 Å². The molecule has 4 rings (SSSR count). The first-order valence-corrected chi connectivity index (χ1v) is 7.90. The van der Waals surface area contributed by atoms with Crippen LogP contribution in [0.1, 0.15) is 45.4 Å². The van der Waals surface area contributed by atoms with E-state index in [-0.39, 0.29) is 29.7 Å². The average Bonchev–Trinajstić information content (AvgIpc) is 2.94. The molecule has 23 heavy (non-hydrogen) atoms. The molecule has 4 heterocycles. The number of amides is 1. The summed E-state index contributed by atoms with van der Waals surface area (Å²) in [5, 5.41) is 13.3. The fourth-order valence-electron chi connectivity index (χ4n) is 3.43. The Balaban J connectivity index is 0.00000192. The molecule has 7 nitrogen and oxygen atoms in total.